The summed E-state index contributed by atoms with van der Waals surface area (Å²) in [5, 5.41) is 16.7. The van der Waals surface area contributed by atoms with Crippen LogP contribution in [0.3, 0.4) is 0 Å². The summed E-state index contributed by atoms with van der Waals surface area (Å²) in [7, 11) is 0. The minimum absolute atomic E-state index is 0.0704. The first-order valence-corrected chi connectivity index (χ1v) is 9.96. The summed E-state index contributed by atoms with van der Waals surface area (Å²) < 4.78 is 45.5. The molecule has 1 heterocycles. The Labute approximate surface area is 191 Å². The smallest absolute Gasteiger partial charge is 0.436 e. The van der Waals surface area contributed by atoms with Crippen molar-refractivity contribution in [1.29, 1.82) is 0 Å². The molecule has 1 aromatic heterocycles. The fourth-order valence-corrected chi connectivity index (χ4v) is 3.21. The summed E-state index contributed by atoms with van der Waals surface area (Å²) in [6.07, 6.45) is -4.96. The van der Waals surface area contributed by atoms with Crippen LogP contribution in [0.25, 0.3) is 0 Å². The predicted molar refractivity (Wildman–Crippen MR) is 115 cm³/mol. The zero-order chi connectivity index (χ0) is 24.3. The summed E-state index contributed by atoms with van der Waals surface area (Å²) in [6, 6.07) is 10.8. The molecule has 1 amide bonds. The number of alkyl halides is 3. The highest BCUT2D eigenvalue weighted by Crippen LogP contribution is 2.35. The molecular formula is C21H18ClF3N4O4. The largest absolute Gasteiger partial charge is 0.457 e. The summed E-state index contributed by atoms with van der Waals surface area (Å²) >= 11 is 5.70. The number of nitro benzene ring substituents is 1. The van der Waals surface area contributed by atoms with Gasteiger partial charge >= 0.3 is 6.18 Å². The molecule has 0 aliphatic heterocycles. The number of amides is 1. The monoisotopic (exact) mass is 482 g/mol. The zero-order valence-electron chi connectivity index (χ0n) is 17.4. The van der Waals surface area contributed by atoms with E-state index in [0.29, 0.717) is 5.75 Å². The Morgan fingerprint density at radius 1 is 1.24 bits per heavy atom. The van der Waals surface area contributed by atoms with E-state index < -0.39 is 27.7 Å². The standard InChI is InChI=1S/C21H18ClF3N4O4/c1-12-5-3-4-6-17(12)33-16-10-14(9-15(11-16)29(31)32)26-18(30)7-8-28-13(2)19(22)20(27-28)21(23,24)25/h3-6,9-11H,7-8H2,1-2H3,(H,26,30). The molecule has 0 saturated carbocycles. The van der Waals surface area contributed by atoms with E-state index in [2.05, 4.69) is 10.4 Å². The van der Waals surface area contributed by atoms with Crippen molar-refractivity contribution in [3.8, 4) is 11.5 Å². The first-order chi connectivity index (χ1) is 15.5. The van der Waals surface area contributed by atoms with Crippen LogP contribution in [0.2, 0.25) is 5.02 Å². The molecule has 0 radical (unpaired) electrons. The third-order valence-electron chi connectivity index (χ3n) is 4.66. The quantitative estimate of drug-likeness (QED) is 0.334. The van der Waals surface area contributed by atoms with Gasteiger partial charge in [0.05, 0.1) is 33.9 Å². The van der Waals surface area contributed by atoms with Crippen molar-refractivity contribution in [3.05, 3.63) is 74.6 Å². The molecule has 2 aromatic carbocycles. The highest BCUT2D eigenvalue weighted by atomic mass is 35.5. The fraction of sp³-hybridized carbons (Fsp3) is 0.238. The van der Waals surface area contributed by atoms with Crippen molar-refractivity contribution in [3.63, 3.8) is 0 Å². The molecule has 3 rings (SSSR count). The number of halogens is 4. The van der Waals surface area contributed by atoms with Gasteiger partial charge in [-0.05, 0) is 25.5 Å². The van der Waals surface area contributed by atoms with E-state index in [1.807, 2.05) is 19.1 Å². The Morgan fingerprint density at radius 2 is 1.94 bits per heavy atom. The van der Waals surface area contributed by atoms with E-state index in [4.69, 9.17) is 16.3 Å². The lowest BCUT2D eigenvalue weighted by Crippen LogP contribution is -2.16. The third-order valence-corrected chi connectivity index (χ3v) is 5.11. The van der Waals surface area contributed by atoms with Crippen molar-refractivity contribution < 1.29 is 27.6 Å². The number of anilines is 1. The number of nitrogens with zero attached hydrogens (tertiary/aromatic N) is 3. The van der Waals surface area contributed by atoms with Crippen molar-refractivity contribution in [1.82, 2.24) is 9.78 Å². The van der Waals surface area contributed by atoms with Gasteiger partial charge < -0.3 is 10.1 Å². The van der Waals surface area contributed by atoms with Crippen LogP contribution in [0.1, 0.15) is 23.4 Å². The number of aryl methyl sites for hydroxylation is 2. The van der Waals surface area contributed by atoms with Crippen molar-refractivity contribution in [2.75, 3.05) is 5.32 Å². The van der Waals surface area contributed by atoms with Gasteiger partial charge in [-0.25, -0.2) is 0 Å². The Bertz CT molecular complexity index is 1210. The number of nitrogens with one attached hydrogen (secondary N) is 1. The van der Waals surface area contributed by atoms with Crippen molar-refractivity contribution in [2.24, 2.45) is 0 Å². The number of ether oxygens (including phenoxy) is 1. The van der Waals surface area contributed by atoms with E-state index in [1.54, 1.807) is 12.1 Å². The number of nitro groups is 1. The number of benzene rings is 2. The van der Waals surface area contributed by atoms with Crippen LogP contribution < -0.4 is 10.1 Å². The SMILES string of the molecule is Cc1ccccc1Oc1cc(NC(=O)CCn2nc(C(F)(F)F)c(Cl)c2C)cc([N+](=O)[O-])c1. The molecule has 0 aliphatic carbocycles. The van der Waals surface area contributed by atoms with Crippen LogP contribution in [0.5, 0.6) is 11.5 Å². The average Bonchev–Trinajstić information content (AvgIpc) is 3.02. The molecular weight excluding hydrogens is 465 g/mol. The van der Waals surface area contributed by atoms with Crippen LogP contribution in [-0.4, -0.2) is 20.6 Å². The zero-order valence-corrected chi connectivity index (χ0v) is 18.2. The van der Waals surface area contributed by atoms with Crippen LogP contribution in [0.4, 0.5) is 24.5 Å². The summed E-state index contributed by atoms with van der Waals surface area (Å²) in [6.45, 7) is 3.00. The molecule has 0 fully saturated rings. The molecule has 0 unspecified atom stereocenters. The molecule has 0 saturated heterocycles. The Hall–Kier alpha value is -3.60. The number of rotatable bonds is 7. The van der Waals surface area contributed by atoms with Crippen LogP contribution in [-0.2, 0) is 17.5 Å². The molecule has 12 heteroatoms. The molecule has 1 N–H and O–H groups in total. The van der Waals surface area contributed by atoms with E-state index in [-0.39, 0.29) is 35.8 Å². The topological polar surface area (TPSA) is 99.3 Å². The normalized spacial score (nSPS) is 11.3. The molecule has 0 aliphatic rings. The Morgan fingerprint density at radius 3 is 2.55 bits per heavy atom. The number of carbonyl (C=O) groups is 1. The van der Waals surface area contributed by atoms with E-state index in [9.17, 15) is 28.1 Å². The van der Waals surface area contributed by atoms with E-state index in [0.717, 1.165) is 16.3 Å². The minimum atomic E-state index is -4.72. The van der Waals surface area contributed by atoms with Gasteiger partial charge in [-0.3, -0.25) is 19.6 Å². The molecule has 0 atom stereocenters. The second-order valence-corrected chi connectivity index (χ2v) is 7.49. The first kappa shape index (κ1) is 24.1. The average molecular weight is 483 g/mol. The van der Waals surface area contributed by atoms with Gasteiger partial charge in [0.1, 0.15) is 11.5 Å². The van der Waals surface area contributed by atoms with E-state index in [1.165, 1.54) is 19.1 Å². The number of non-ortho nitro benzene ring substituents is 1. The van der Waals surface area contributed by atoms with Gasteiger partial charge in [-0.15, -0.1) is 0 Å². The third kappa shape index (κ3) is 5.80. The van der Waals surface area contributed by atoms with Gasteiger partial charge in [0, 0.05) is 18.6 Å². The Kier molecular flexibility index (Phi) is 6.92. The maximum atomic E-state index is 12.9. The molecule has 0 spiro atoms. The summed E-state index contributed by atoms with van der Waals surface area (Å²) in [5.41, 5.74) is -0.550. The van der Waals surface area contributed by atoms with Gasteiger partial charge in [0.25, 0.3) is 5.69 Å². The number of aromatic nitrogens is 2. The summed E-state index contributed by atoms with van der Waals surface area (Å²) in [5.74, 6) is 0.0389. The highest BCUT2D eigenvalue weighted by molar-refractivity contribution is 6.31. The predicted octanol–water partition coefficient (Wildman–Crippen LogP) is 5.90. The van der Waals surface area contributed by atoms with Gasteiger partial charge in [-0.2, -0.15) is 18.3 Å². The number of hydrogen-bond acceptors (Lipinski definition) is 5. The Balaban J connectivity index is 1.75. The van der Waals surface area contributed by atoms with Crippen LogP contribution in [0, 0.1) is 24.0 Å². The van der Waals surface area contributed by atoms with Gasteiger partial charge in [-0.1, -0.05) is 29.8 Å². The maximum absolute atomic E-state index is 12.9. The lowest BCUT2D eigenvalue weighted by molar-refractivity contribution is -0.384. The van der Waals surface area contributed by atoms with Crippen molar-refractivity contribution in [2.45, 2.75) is 33.0 Å². The van der Waals surface area contributed by atoms with Gasteiger partial charge in [0.2, 0.25) is 5.91 Å². The second kappa shape index (κ2) is 9.49. The minimum Gasteiger partial charge on any atom is -0.457 e. The maximum Gasteiger partial charge on any atom is 0.436 e. The second-order valence-electron chi connectivity index (χ2n) is 7.11. The first-order valence-electron chi connectivity index (χ1n) is 9.58. The van der Waals surface area contributed by atoms with Gasteiger partial charge in [0.15, 0.2) is 5.69 Å². The number of carbonyl (C=O) groups excluding carboxylic acids is 1. The molecule has 0 bridgehead atoms. The lowest BCUT2D eigenvalue weighted by Gasteiger charge is -2.11. The number of hydrogen-bond donors (Lipinski definition) is 1. The molecule has 174 valence electrons. The number of para-hydroxylation sites is 1. The molecule has 8 nitrogen and oxygen atoms in total. The highest BCUT2D eigenvalue weighted by Gasteiger charge is 2.38. The fourth-order valence-electron chi connectivity index (χ4n) is 2.97. The molecule has 3 aromatic rings. The van der Waals surface area contributed by atoms with Crippen LogP contribution in [0.15, 0.2) is 42.5 Å². The summed E-state index contributed by atoms with van der Waals surface area (Å²) in [4.78, 5) is 23.0. The lowest BCUT2D eigenvalue weighted by atomic mass is 10.2. The van der Waals surface area contributed by atoms with Crippen molar-refractivity contribution >= 4 is 28.9 Å². The van der Waals surface area contributed by atoms with E-state index >= 15 is 0 Å². The molecule has 33 heavy (non-hydrogen) atoms. The van der Waals surface area contributed by atoms with Crippen LogP contribution >= 0.6 is 11.6 Å².